The molecule has 0 aromatic rings. The fourth-order valence-electron chi connectivity index (χ4n) is 1.10. The molecule has 0 radical (unpaired) electrons. The van der Waals surface area contributed by atoms with Crippen LogP contribution in [0.25, 0.3) is 0 Å². The Morgan fingerprint density at radius 3 is 2.69 bits per heavy atom. The van der Waals surface area contributed by atoms with E-state index in [9.17, 15) is 4.79 Å². The van der Waals surface area contributed by atoms with E-state index in [0.717, 1.165) is 6.54 Å². The Bertz CT molecular complexity index is 228. The highest BCUT2D eigenvalue weighted by molar-refractivity contribution is 6.40. The number of carbonyl (C=O) groups is 1. The summed E-state index contributed by atoms with van der Waals surface area (Å²) in [7, 11) is 0. The number of nitrogens with zero attached hydrogens (tertiary/aromatic N) is 1. The Kier molecular flexibility index (Phi) is 3.03. The molecule has 0 spiro atoms. The van der Waals surface area contributed by atoms with Gasteiger partial charge in [0.2, 0.25) is 0 Å². The van der Waals surface area contributed by atoms with Crippen LogP contribution in [0.5, 0.6) is 0 Å². The average Bonchev–Trinajstić information content (AvgIpc) is 2.03. The van der Waals surface area contributed by atoms with Crippen molar-refractivity contribution in [2.24, 2.45) is 4.99 Å². The van der Waals surface area contributed by atoms with Crippen LogP contribution in [-0.4, -0.2) is 36.8 Å². The van der Waals surface area contributed by atoms with Crippen LogP contribution in [0.4, 0.5) is 0 Å². The molecule has 4 heteroatoms. The molecule has 0 atom stereocenters. The number of hydrogen-bond acceptors (Lipinski definition) is 3. The zero-order valence-electron chi connectivity index (χ0n) is 8.48. The smallest absolute Gasteiger partial charge is 0.266 e. The van der Waals surface area contributed by atoms with E-state index in [1.54, 1.807) is 0 Å². The second-order valence-corrected chi connectivity index (χ2v) is 4.21. The van der Waals surface area contributed by atoms with Crippen LogP contribution in [0, 0.1) is 0 Å². The molecule has 1 aliphatic heterocycles. The Labute approximate surface area is 78.8 Å². The van der Waals surface area contributed by atoms with Crippen LogP contribution in [0.3, 0.4) is 0 Å². The van der Waals surface area contributed by atoms with Crippen LogP contribution < -0.4 is 10.6 Å². The average molecular weight is 183 g/mol. The van der Waals surface area contributed by atoms with Crippen LogP contribution in [0.1, 0.15) is 20.8 Å². The third-order valence-electron chi connectivity index (χ3n) is 1.63. The fourth-order valence-corrected chi connectivity index (χ4v) is 1.10. The summed E-state index contributed by atoms with van der Waals surface area (Å²) in [6.07, 6.45) is 0. The van der Waals surface area contributed by atoms with Gasteiger partial charge in [0.15, 0.2) is 0 Å². The van der Waals surface area contributed by atoms with E-state index in [2.05, 4.69) is 15.6 Å². The molecular weight excluding hydrogens is 166 g/mol. The maximum Gasteiger partial charge on any atom is 0.266 e. The van der Waals surface area contributed by atoms with Gasteiger partial charge in [0.05, 0.1) is 6.54 Å². The number of rotatable bonds is 1. The Balaban J connectivity index is 2.52. The standard InChI is InChI=1S/C9H17N3O/c1-9(2,3)12-8(13)7-6-10-4-5-11-7/h10H,4-6H2,1-3H3,(H,12,13). The number of nitrogens with one attached hydrogen (secondary N) is 2. The molecule has 1 heterocycles. The molecule has 0 aliphatic carbocycles. The first-order chi connectivity index (χ1) is 5.99. The molecule has 4 nitrogen and oxygen atoms in total. The maximum absolute atomic E-state index is 11.5. The summed E-state index contributed by atoms with van der Waals surface area (Å²) in [5.74, 6) is -0.0558. The maximum atomic E-state index is 11.5. The molecular formula is C9H17N3O. The summed E-state index contributed by atoms with van der Waals surface area (Å²) in [5, 5.41) is 5.99. The van der Waals surface area contributed by atoms with Gasteiger partial charge in [-0.25, -0.2) is 0 Å². The van der Waals surface area contributed by atoms with Gasteiger partial charge in [-0.15, -0.1) is 0 Å². The molecule has 2 N–H and O–H groups in total. The Morgan fingerprint density at radius 1 is 1.54 bits per heavy atom. The largest absolute Gasteiger partial charge is 0.346 e. The third-order valence-corrected chi connectivity index (χ3v) is 1.63. The molecule has 74 valence electrons. The lowest BCUT2D eigenvalue weighted by Crippen LogP contribution is -2.48. The van der Waals surface area contributed by atoms with Gasteiger partial charge in [0.25, 0.3) is 5.91 Å². The molecule has 0 aromatic carbocycles. The van der Waals surface area contributed by atoms with Crippen molar-refractivity contribution >= 4 is 11.6 Å². The predicted molar refractivity (Wildman–Crippen MR) is 53.1 cm³/mol. The summed E-state index contributed by atoms with van der Waals surface area (Å²) in [6, 6.07) is 0. The topological polar surface area (TPSA) is 53.5 Å². The molecule has 0 fully saturated rings. The van der Waals surface area contributed by atoms with E-state index in [1.807, 2.05) is 20.8 Å². The van der Waals surface area contributed by atoms with Gasteiger partial charge < -0.3 is 10.6 Å². The first kappa shape index (κ1) is 10.2. The van der Waals surface area contributed by atoms with Crippen molar-refractivity contribution in [2.75, 3.05) is 19.6 Å². The quantitative estimate of drug-likeness (QED) is 0.598. The zero-order chi connectivity index (χ0) is 9.90. The highest BCUT2D eigenvalue weighted by Gasteiger charge is 2.19. The van der Waals surface area contributed by atoms with Crippen molar-refractivity contribution in [3.63, 3.8) is 0 Å². The molecule has 1 rings (SSSR count). The molecule has 0 saturated heterocycles. The second kappa shape index (κ2) is 3.87. The van der Waals surface area contributed by atoms with Gasteiger partial charge in [-0.2, -0.15) is 0 Å². The molecule has 0 unspecified atom stereocenters. The fraction of sp³-hybridized carbons (Fsp3) is 0.778. The Morgan fingerprint density at radius 2 is 2.23 bits per heavy atom. The molecule has 0 bridgehead atoms. The normalized spacial score (nSPS) is 17.9. The number of hydrogen-bond donors (Lipinski definition) is 2. The van der Waals surface area contributed by atoms with Crippen molar-refractivity contribution in [1.29, 1.82) is 0 Å². The van der Waals surface area contributed by atoms with Crippen molar-refractivity contribution in [3.05, 3.63) is 0 Å². The first-order valence-corrected chi connectivity index (χ1v) is 4.55. The summed E-state index contributed by atoms with van der Waals surface area (Å²) in [6.45, 7) is 8.03. The van der Waals surface area contributed by atoms with E-state index >= 15 is 0 Å². The van der Waals surface area contributed by atoms with Crippen molar-refractivity contribution in [2.45, 2.75) is 26.3 Å². The van der Waals surface area contributed by atoms with Crippen LogP contribution in [0.15, 0.2) is 4.99 Å². The lowest BCUT2D eigenvalue weighted by molar-refractivity contribution is -0.116. The van der Waals surface area contributed by atoms with E-state index in [4.69, 9.17) is 0 Å². The van der Waals surface area contributed by atoms with Gasteiger partial charge in [-0.1, -0.05) is 0 Å². The second-order valence-electron chi connectivity index (χ2n) is 4.21. The summed E-state index contributed by atoms with van der Waals surface area (Å²) in [5.41, 5.74) is 0.429. The van der Waals surface area contributed by atoms with Crippen LogP contribution >= 0.6 is 0 Å². The van der Waals surface area contributed by atoms with Crippen molar-refractivity contribution in [1.82, 2.24) is 10.6 Å². The van der Waals surface area contributed by atoms with Crippen LogP contribution in [0.2, 0.25) is 0 Å². The monoisotopic (exact) mass is 183 g/mol. The lowest BCUT2D eigenvalue weighted by Gasteiger charge is -2.22. The molecule has 0 aromatic heterocycles. The van der Waals surface area contributed by atoms with Gasteiger partial charge in [-0.3, -0.25) is 9.79 Å². The predicted octanol–water partition coefficient (Wildman–Crippen LogP) is -0.0547. The minimum absolute atomic E-state index is 0.0558. The third kappa shape index (κ3) is 3.55. The van der Waals surface area contributed by atoms with Crippen molar-refractivity contribution in [3.8, 4) is 0 Å². The summed E-state index contributed by atoms with van der Waals surface area (Å²) >= 11 is 0. The van der Waals surface area contributed by atoms with Gasteiger partial charge in [0, 0.05) is 18.6 Å². The molecule has 13 heavy (non-hydrogen) atoms. The number of carbonyl (C=O) groups excluding carboxylic acids is 1. The molecule has 1 amide bonds. The van der Waals surface area contributed by atoms with Gasteiger partial charge >= 0.3 is 0 Å². The van der Waals surface area contributed by atoms with Crippen LogP contribution in [-0.2, 0) is 4.79 Å². The van der Waals surface area contributed by atoms with Crippen molar-refractivity contribution < 1.29 is 4.79 Å². The summed E-state index contributed by atoms with van der Waals surface area (Å²) < 4.78 is 0. The minimum atomic E-state index is -0.183. The zero-order valence-corrected chi connectivity index (χ0v) is 8.48. The highest BCUT2D eigenvalue weighted by Crippen LogP contribution is 1.99. The molecule has 0 saturated carbocycles. The Hall–Kier alpha value is -0.900. The van der Waals surface area contributed by atoms with E-state index < -0.39 is 0 Å². The summed E-state index contributed by atoms with van der Waals surface area (Å²) in [4.78, 5) is 15.7. The molecule has 1 aliphatic rings. The van der Waals surface area contributed by atoms with E-state index in [1.165, 1.54) is 0 Å². The van der Waals surface area contributed by atoms with Gasteiger partial charge in [-0.05, 0) is 20.8 Å². The lowest BCUT2D eigenvalue weighted by atomic mass is 10.1. The van der Waals surface area contributed by atoms with E-state index in [0.29, 0.717) is 18.8 Å². The highest BCUT2D eigenvalue weighted by atomic mass is 16.2. The minimum Gasteiger partial charge on any atom is -0.346 e. The van der Waals surface area contributed by atoms with E-state index in [-0.39, 0.29) is 11.4 Å². The van der Waals surface area contributed by atoms with Gasteiger partial charge in [0.1, 0.15) is 5.71 Å². The number of amides is 1. The number of aliphatic imine (C=N–C) groups is 1. The SMILES string of the molecule is CC(C)(C)NC(=O)C1=NCCNC1. The first-order valence-electron chi connectivity index (χ1n) is 4.55.